The van der Waals surface area contributed by atoms with Crippen LogP contribution >= 0.6 is 11.6 Å². The molecule has 0 aliphatic carbocycles. The minimum atomic E-state index is -0.371. The van der Waals surface area contributed by atoms with Gasteiger partial charge in [0.2, 0.25) is 0 Å². The Bertz CT molecular complexity index is 289. The van der Waals surface area contributed by atoms with E-state index in [1.165, 1.54) is 6.20 Å². The molecule has 12 heavy (non-hydrogen) atoms. The molecule has 0 unspecified atom stereocenters. The molecule has 0 bridgehead atoms. The molecule has 0 radical (unpaired) electrons. The zero-order valence-corrected chi connectivity index (χ0v) is 7.74. The molecule has 66 valence electrons. The second-order valence-corrected chi connectivity index (χ2v) is 2.83. The Kier molecular flexibility index (Phi) is 2.87. The lowest BCUT2D eigenvalue weighted by Gasteiger charge is -2.06. The van der Waals surface area contributed by atoms with Crippen LogP contribution in [0.15, 0.2) is 6.20 Å². The van der Waals surface area contributed by atoms with Crippen LogP contribution in [-0.2, 0) is 0 Å². The minimum absolute atomic E-state index is 0.263. The van der Waals surface area contributed by atoms with Crippen molar-refractivity contribution in [2.75, 3.05) is 11.9 Å². The first-order valence-electron chi connectivity index (χ1n) is 3.71. The molecule has 0 spiro atoms. The number of halogens is 2. The summed E-state index contributed by atoms with van der Waals surface area (Å²) in [5.74, 6) is -0.108. The molecule has 0 aliphatic rings. The van der Waals surface area contributed by atoms with Gasteiger partial charge in [0.05, 0.1) is 5.02 Å². The molecule has 0 aromatic carbocycles. The van der Waals surface area contributed by atoms with Gasteiger partial charge in [-0.3, -0.25) is 0 Å². The smallest absolute Gasteiger partial charge is 0.169 e. The van der Waals surface area contributed by atoms with Gasteiger partial charge in [0.15, 0.2) is 11.6 Å². The number of hydrogen-bond donors (Lipinski definition) is 1. The van der Waals surface area contributed by atoms with Crippen molar-refractivity contribution in [1.29, 1.82) is 0 Å². The Morgan fingerprint density at radius 1 is 1.67 bits per heavy atom. The number of hydrogen-bond acceptors (Lipinski definition) is 2. The van der Waals surface area contributed by atoms with Crippen molar-refractivity contribution in [3.8, 4) is 0 Å². The van der Waals surface area contributed by atoms with E-state index in [4.69, 9.17) is 11.6 Å². The summed E-state index contributed by atoms with van der Waals surface area (Å²) in [4.78, 5) is 3.81. The number of aromatic nitrogens is 1. The zero-order chi connectivity index (χ0) is 9.14. The Morgan fingerprint density at radius 3 is 2.92 bits per heavy atom. The van der Waals surface area contributed by atoms with Gasteiger partial charge in [0, 0.05) is 18.3 Å². The Hall–Kier alpha value is -0.830. The van der Waals surface area contributed by atoms with E-state index >= 15 is 0 Å². The van der Waals surface area contributed by atoms with E-state index in [1.807, 2.05) is 6.92 Å². The van der Waals surface area contributed by atoms with Gasteiger partial charge >= 0.3 is 0 Å². The molecule has 0 saturated heterocycles. The highest BCUT2D eigenvalue weighted by atomic mass is 35.5. The van der Waals surface area contributed by atoms with E-state index < -0.39 is 0 Å². The SMILES string of the molecule is CCNc1ncc(Cl)c(C)c1F. The molecule has 0 saturated carbocycles. The summed E-state index contributed by atoms with van der Waals surface area (Å²) in [5.41, 5.74) is 0.433. The van der Waals surface area contributed by atoms with Gasteiger partial charge in [-0.1, -0.05) is 11.6 Å². The summed E-state index contributed by atoms with van der Waals surface area (Å²) in [7, 11) is 0. The Balaban J connectivity index is 3.08. The van der Waals surface area contributed by atoms with Crippen LogP contribution in [0.3, 0.4) is 0 Å². The first kappa shape index (κ1) is 9.26. The number of anilines is 1. The summed E-state index contributed by atoms with van der Waals surface area (Å²) in [5, 5.41) is 3.15. The quantitative estimate of drug-likeness (QED) is 0.772. The molecular weight excluding hydrogens is 179 g/mol. The van der Waals surface area contributed by atoms with E-state index in [-0.39, 0.29) is 11.6 Å². The molecule has 1 aromatic heterocycles. The maximum atomic E-state index is 13.2. The van der Waals surface area contributed by atoms with Crippen LogP contribution in [-0.4, -0.2) is 11.5 Å². The van der Waals surface area contributed by atoms with Crippen LogP contribution in [0.2, 0.25) is 5.02 Å². The molecule has 1 heterocycles. The Labute approximate surface area is 75.8 Å². The average molecular weight is 189 g/mol. The van der Waals surface area contributed by atoms with E-state index in [2.05, 4.69) is 10.3 Å². The maximum absolute atomic E-state index is 13.2. The van der Waals surface area contributed by atoms with Crippen LogP contribution in [0.1, 0.15) is 12.5 Å². The highest BCUT2D eigenvalue weighted by Gasteiger charge is 2.08. The van der Waals surface area contributed by atoms with Crippen molar-refractivity contribution in [2.24, 2.45) is 0 Å². The van der Waals surface area contributed by atoms with Crippen molar-refractivity contribution < 1.29 is 4.39 Å². The van der Waals surface area contributed by atoms with Gasteiger partial charge in [-0.2, -0.15) is 0 Å². The molecule has 0 fully saturated rings. The molecular formula is C8H10ClFN2. The summed E-state index contributed by atoms with van der Waals surface area (Å²) in [6, 6.07) is 0. The van der Waals surface area contributed by atoms with Gasteiger partial charge < -0.3 is 5.32 Å². The predicted molar refractivity (Wildman–Crippen MR) is 48.1 cm³/mol. The summed E-state index contributed by atoms with van der Waals surface area (Å²) < 4.78 is 13.2. The molecule has 0 amide bonds. The van der Waals surface area contributed by atoms with Gasteiger partial charge in [-0.05, 0) is 13.8 Å². The minimum Gasteiger partial charge on any atom is -0.368 e. The van der Waals surface area contributed by atoms with Crippen LogP contribution < -0.4 is 5.32 Å². The van der Waals surface area contributed by atoms with Crippen LogP contribution in [0.5, 0.6) is 0 Å². The molecule has 0 atom stereocenters. The molecule has 4 heteroatoms. The third kappa shape index (κ3) is 1.67. The fraction of sp³-hybridized carbons (Fsp3) is 0.375. The lowest BCUT2D eigenvalue weighted by Crippen LogP contribution is -2.03. The zero-order valence-electron chi connectivity index (χ0n) is 6.99. The first-order chi connectivity index (χ1) is 5.66. The third-order valence-corrected chi connectivity index (χ3v) is 1.93. The standard InChI is InChI=1S/C8H10ClFN2/c1-3-11-8-7(10)5(2)6(9)4-12-8/h4H,3H2,1-2H3,(H,11,12). The topological polar surface area (TPSA) is 24.9 Å². The lowest BCUT2D eigenvalue weighted by atomic mass is 10.3. The van der Waals surface area contributed by atoms with Crippen molar-refractivity contribution in [1.82, 2.24) is 4.98 Å². The van der Waals surface area contributed by atoms with Crippen molar-refractivity contribution in [2.45, 2.75) is 13.8 Å². The van der Waals surface area contributed by atoms with E-state index in [0.29, 0.717) is 17.1 Å². The van der Waals surface area contributed by atoms with Gasteiger partial charge in [0.25, 0.3) is 0 Å². The Morgan fingerprint density at radius 2 is 2.33 bits per heavy atom. The fourth-order valence-electron chi connectivity index (χ4n) is 0.848. The fourth-order valence-corrected chi connectivity index (χ4v) is 0.980. The maximum Gasteiger partial charge on any atom is 0.169 e. The van der Waals surface area contributed by atoms with E-state index in [1.54, 1.807) is 6.92 Å². The molecule has 1 N–H and O–H groups in total. The largest absolute Gasteiger partial charge is 0.368 e. The molecule has 0 aliphatic heterocycles. The van der Waals surface area contributed by atoms with Gasteiger partial charge in [-0.25, -0.2) is 9.37 Å². The van der Waals surface area contributed by atoms with Gasteiger partial charge in [0.1, 0.15) is 0 Å². The highest BCUT2D eigenvalue weighted by Crippen LogP contribution is 2.21. The van der Waals surface area contributed by atoms with Crippen molar-refractivity contribution in [3.63, 3.8) is 0 Å². The third-order valence-electron chi connectivity index (χ3n) is 1.55. The van der Waals surface area contributed by atoms with Crippen LogP contribution in [0, 0.1) is 12.7 Å². The average Bonchev–Trinajstić information content (AvgIpc) is 2.07. The van der Waals surface area contributed by atoms with Crippen LogP contribution in [0.25, 0.3) is 0 Å². The van der Waals surface area contributed by atoms with Crippen molar-refractivity contribution in [3.05, 3.63) is 22.6 Å². The monoisotopic (exact) mass is 188 g/mol. The number of nitrogens with one attached hydrogen (secondary N) is 1. The second-order valence-electron chi connectivity index (χ2n) is 2.42. The summed E-state index contributed by atoms with van der Waals surface area (Å²) >= 11 is 5.66. The van der Waals surface area contributed by atoms with E-state index in [0.717, 1.165) is 0 Å². The number of pyridine rings is 1. The normalized spacial score (nSPS) is 10.0. The lowest BCUT2D eigenvalue weighted by molar-refractivity contribution is 0.615. The molecule has 1 rings (SSSR count). The number of rotatable bonds is 2. The number of nitrogens with zero attached hydrogens (tertiary/aromatic N) is 1. The van der Waals surface area contributed by atoms with E-state index in [9.17, 15) is 4.39 Å². The summed E-state index contributed by atoms with van der Waals surface area (Å²) in [6.45, 7) is 4.15. The van der Waals surface area contributed by atoms with Crippen molar-refractivity contribution >= 4 is 17.4 Å². The highest BCUT2D eigenvalue weighted by molar-refractivity contribution is 6.31. The second kappa shape index (κ2) is 3.72. The van der Waals surface area contributed by atoms with Gasteiger partial charge in [-0.15, -0.1) is 0 Å². The molecule has 2 nitrogen and oxygen atoms in total. The first-order valence-corrected chi connectivity index (χ1v) is 4.09. The molecule has 1 aromatic rings. The summed E-state index contributed by atoms with van der Waals surface area (Å²) in [6.07, 6.45) is 1.44. The predicted octanol–water partition coefficient (Wildman–Crippen LogP) is 2.61. The van der Waals surface area contributed by atoms with Crippen LogP contribution in [0.4, 0.5) is 10.2 Å².